The number of carbonyl (C=O) groups is 1. The Morgan fingerprint density at radius 1 is 1.16 bits per heavy atom. The van der Waals surface area contributed by atoms with E-state index in [9.17, 15) is 18.0 Å². The molecule has 1 aliphatic heterocycles. The molecule has 37 heavy (non-hydrogen) atoms. The number of H-pyrrole nitrogens is 1. The first-order chi connectivity index (χ1) is 17.6. The zero-order chi connectivity index (χ0) is 26.7. The van der Waals surface area contributed by atoms with Gasteiger partial charge in [0, 0.05) is 33.2 Å². The lowest BCUT2D eigenvalue weighted by atomic mass is 10.1. The van der Waals surface area contributed by atoms with E-state index in [0.29, 0.717) is 54.2 Å². The van der Waals surface area contributed by atoms with Gasteiger partial charge in [-0.3, -0.25) is 19.2 Å². The average molecular weight is 533 g/mol. The topological polar surface area (TPSA) is 151 Å². The van der Waals surface area contributed by atoms with Gasteiger partial charge >= 0.3 is 5.97 Å². The van der Waals surface area contributed by atoms with Gasteiger partial charge in [-0.1, -0.05) is 20.3 Å². The Morgan fingerprint density at radius 2 is 1.89 bits per heavy atom. The fourth-order valence-corrected chi connectivity index (χ4v) is 5.89. The zero-order valence-corrected chi connectivity index (χ0v) is 22.0. The number of nitrogens with zero attached hydrogens (tertiary/aromatic N) is 5. The van der Waals surface area contributed by atoms with Gasteiger partial charge in [0.05, 0.1) is 29.3 Å². The molecule has 2 aromatic heterocycles. The van der Waals surface area contributed by atoms with Gasteiger partial charge in [-0.05, 0) is 31.0 Å². The molecule has 0 radical (unpaired) electrons. The van der Waals surface area contributed by atoms with Crippen LogP contribution in [0.15, 0.2) is 27.9 Å². The molecular weight excluding hydrogens is 500 g/mol. The summed E-state index contributed by atoms with van der Waals surface area (Å²) in [5.74, 6) is -0.328. The van der Waals surface area contributed by atoms with Gasteiger partial charge < -0.3 is 14.8 Å². The summed E-state index contributed by atoms with van der Waals surface area (Å²) in [6, 6.07) is 4.54. The van der Waals surface area contributed by atoms with E-state index in [1.165, 1.54) is 21.1 Å². The molecule has 0 spiro atoms. The van der Waals surface area contributed by atoms with Crippen LogP contribution >= 0.6 is 0 Å². The van der Waals surface area contributed by atoms with Crippen LogP contribution in [0.3, 0.4) is 0 Å². The Labute approximate surface area is 214 Å². The maximum absolute atomic E-state index is 13.5. The van der Waals surface area contributed by atoms with Gasteiger partial charge in [-0.25, -0.2) is 13.4 Å². The minimum Gasteiger partial charge on any atom is -0.493 e. The molecule has 0 aliphatic carbocycles. The van der Waals surface area contributed by atoms with Gasteiger partial charge in [-0.2, -0.15) is 9.40 Å². The number of hydrogen-bond acceptors (Lipinski definition) is 8. The Kier molecular flexibility index (Phi) is 7.95. The number of sulfonamides is 1. The number of piperazine rings is 1. The first-order valence-electron chi connectivity index (χ1n) is 12.3. The molecule has 1 saturated heterocycles. The summed E-state index contributed by atoms with van der Waals surface area (Å²) in [6.07, 6.45) is 2.22. The minimum atomic E-state index is -3.88. The summed E-state index contributed by atoms with van der Waals surface area (Å²) >= 11 is 0. The highest BCUT2D eigenvalue weighted by molar-refractivity contribution is 7.89. The van der Waals surface area contributed by atoms with Gasteiger partial charge in [-0.15, -0.1) is 0 Å². The second-order valence-corrected chi connectivity index (χ2v) is 11.0. The fraction of sp³-hybridized carbons (Fsp3) is 0.500. The standard InChI is InChI=1S/C24H32N6O6S/c1-4-6-18-21-22(28(3)27-18)24(33)26-23(25-21)17-14-16(7-8-19(17)36-13-5-2)37(34,35)30-11-9-29(10-12-30)15-20(31)32/h7-8,14H,4-6,9-13,15H2,1-3H3,(H,31,32)(H,25,26,33). The molecule has 13 heteroatoms. The third kappa shape index (κ3) is 5.53. The monoisotopic (exact) mass is 532 g/mol. The van der Waals surface area contributed by atoms with E-state index in [0.717, 1.165) is 12.8 Å². The molecule has 0 bridgehead atoms. The van der Waals surface area contributed by atoms with Crippen molar-refractivity contribution < 1.29 is 23.1 Å². The number of nitrogens with one attached hydrogen (secondary N) is 1. The number of aliphatic carboxylic acids is 1. The number of carboxylic acid groups (broad SMARTS) is 1. The first-order valence-corrected chi connectivity index (χ1v) is 13.8. The summed E-state index contributed by atoms with van der Waals surface area (Å²) < 4.78 is 35.7. The molecule has 1 aliphatic rings. The molecule has 0 unspecified atom stereocenters. The van der Waals surface area contributed by atoms with Crippen LogP contribution in [0.25, 0.3) is 22.4 Å². The molecule has 12 nitrogen and oxygen atoms in total. The van der Waals surface area contributed by atoms with Crippen LogP contribution in [-0.2, 0) is 28.3 Å². The SMILES string of the molecule is CCCOc1ccc(S(=O)(=O)N2CCN(CC(=O)O)CC2)cc1-c1nc2c(CCC)nn(C)c2c(=O)[nH]1. The van der Waals surface area contributed by atoms with E-state index >= 15 is 0 Å². The maximum Gasteiger partial charge on any atom is 0.317 e. The predicted octanol–water partition coefficient (Wildman–Crippen LogP) is 1.46. The smallest absolute Gasteiger partial charge is 0.317 e. The Bertz CT molecular complexity index is 1460. The van der Waals surface area contributed by atoms with E-state index < -0.39 is 16.0 Å². The van der Waals surface area contributed by atoms with Gasteiger partial charge in [0.2, 0.25) is 10.0 Å². The highest BCUT2D eigenvalue weighted by atomic mass is 32.2. The number of carboxylic acids is 1. The number of fused-ring (bicyclic) bond motifs is 1. The molecule has 1 fully saturated rings. The molecule has 200 valence electrons. The summed E-state index contributed by atoms with van der Waals surface area (Å²) in [5.41, 5.74) is 1.52. The number of hydrogen-bond donors (Lipinski definition) is 2. The molecule has 0 saturated carbocycles. The Balaban J connectivity index is 1.76. The van der Waals surface area contributed by atoms with Gasteiger partial charge in [0.15, 0.2) is 5.52 Å². The largest absolute Gasteiger partial charge is 0.493 e. The second-order valence-electron chi connectivity index (χ2n) is 9.01. The third-order valence-electron chi connectivity index (χ3n) is 6.25. The highest BCUT2D eigenvalue weighted by Gasteiger charge is 2.30. The molecule has 1 aromatic carbocycles. The molecule has 2 N–H and O–H groups in total. The van der Waals surface area contributed by atoms with Crippen LogP contribution in [0.2, 0.25) is 0 Å². The lowest BCUT2D eigenvalue weighted by Gasteiger charge is -2.33. The third-order valence-corrected chi connectivity index (χ3v) is 8.14. The normalized spacial score (nSPS) is 15.3. The lowest BCUT2D eigenvalue weighted by Crippen LogP contribution is -2.49. The van der Waals surface area contributed by atoms with Crippen molar-refractivity contribution in [3.63, 3.8) is 0 Å². The van der Waals surface area contributed by atoms with Crippen molar-refractivity contribution in [2.24, 2.45) is 7.05 Å². The van der Waals surface area contributed by atoms with Crippen molar-refractivity contribution in [3.05, 3.63) is 34.2 Å². The number of rotatable bonds is 10. The number of ether oxygens (including phenoxy) is 1. The molecule has 3 aromatic rings. The predicted molar refractivity (Wildman–Crippen MR) is 137 cm³/mol. The molecule has 0 atom stereocenters. The zero-order valence-electron chi connectivity index (χ0n) is 21.2. The summed E-state index contributed by atoms with van der Waals surface area (Å²) in [7, 11) is -2.19. The number of aryl methyl sites for hydroxylation is 2. The lowest BCUT2D eigenvalue weighted by molar-refractivity contribution is -0.138. The summed E-state index contributed by atoms with van der Waals surface area (Å²) in [5, 5.41) is 13.5. The van der Waals surface area contributed by atoms with Gasteiger partial charge in [0.25, 0.3) is 5.56 Å². The van der Waals surface area contributed by atoms with Crippen molar-refractivity contribution in [1.29, 1.82) is 0 Å². The molecule has 3 heterocycles. The number of aromatic nitrogens is 4. The van der Waals surface area contributed by atoms with Crippen molar-refractivity contribution in [2.75, 3.05) is 39.3 Å². The Morgan fingerprint density at radius 3 is 2.54 bits per heavy atom. The van der Waals surface area contributed by atoms with Crippen molar-refractivity contribution in [3.8, 4) is 17.1 Å². The average Bonchev–Trinajstić information content (AvgIpc) is 3.18. The second kappa shape index (κ2) is 11.0. The van der Waals surface area contributed by atoms with E-state index in [1.54, 1.807) is 18.0 Å². The van der Waals surface area contributed by atoms with E-state index in [-0.39, 0.29) is 35.9 Å². The van der Waals surface area contributed by atoms with E-state index in [1.807, 2.05) is 13.8 Å². The maximum atomic E-state index is 13.5. The van der Waals surface area contributed by atoms with Crippen LogP contribution in [0.1, 0.15) is 32.4 Å². The van der Waals surface area contributed by atoms with Crippen LogP contribution in [0.4, 0.5) is 0 Å². The molecular formula is C24H32N6O6S. The van der Waals surface area contributed by atoms with Crippen LogP contribution in [0, 0.1) is 0 Å². The van der Waals surface area contributed by atoms with Crippen LogP contribution in [-0.4, -0.2) is 87.8 Å². The molecule has 4 rings (SSSR count). The van der Waals surface area contributed by atoms with Crippen molar-refractivity contribution in [2.45, 2.75) is 38.0 Å². The van der Waals surface area contributed by atoms with Crippen LogP contribution in [0.5, 0.6) is 5.75 Å². The number of aromatic amines is 1. The summed E-state index contributed by atoms with van der Waals surface area (Å²) in [6.45, 7) is 5.25. The summed E-state index contributed by atoms with van der Waals surface area (Å²) in [4.78, 5) is 33.2. The van der Waals surface area contributed by atoms with Crippen molar-refractivity contribution >= 4 is 27.0 Å². The molecule has 0 amide bonds. The fourth-order valence-electron chi connectivity index (χ4n) is 4.44. The Hall–Kier alpha value is -3.29. The first kappa shape index (κ1) is 26.8. The van der Waals surface area contributed by atoms with Gasteiger partial charge in [0.1, 0.15) is 17.1 Å². The minimum absolute atomic E-state index is 0.0424. The van der Waals surface area contributed by atoms with Crippen molar-refractivity contribution in [1.82, 2.24) is 29.0 Å². The van der Waals surface area contributed by atoms with E-state index in [2.05, 4.69) is 10.1 Å². The van der Waals surface area contributed by atoms with E-state index in [4.69, 9.17) is 14.8 Å². The quantitative estimate of drug-likeness (QED) is 0.395. The van der Waals surface area contributed by atoms with Crippen LogP contribution < -0.4 is 10.3 Å². The number of benzene rings is 1. The highest BCUT2D eigenvalue weighted by Crippen LogP contribution is 2.32.